The number of imidazole rings is 1. The van der Waals surface area contributed by atoms with Crippen LogP contribution in [0.5, 0.6) is 17.5 Å². The molecule has 0 spiro atoms. The number of fused-ring (bicyclic) bond motifs is 1. The molecule has 2 aromatic carbocycles. The minimum Gasteiger partial charge on any atom is -0.425 e. The minimum atomic E-state index is -4.86. The molecule has 0 saturated carbocycles. The van der Waals surface area contributed by atoms with Crippen LogP contribution in [0, 0.1) is 0 Å². The Hall–Kier alpha value is -4.02. The van der Waals surface area contributed by atoms with Gasteiger partial charge in [-0.25, -0.2) is 4.79 Å². The molecule has 0 radical (unpaired) electrons. The van der Waals surface area contributed by atoms with Crippen LogP contribution >= 0.6 is 0 Å². The molecule has 166 valence electrons. The smallest absolute Gasteiger partial charge is 0.425 e. The summed E-state index contributed by atoms with van der Waals surface area (Å²) in [7, 11) is 0. The number of aromatic nitrogens is 4. The molecule has 0 aliphatic carbocycles. The highest BCUT2D eigenvalue weighted by atomic mass is 19.4. The predicted octanol–water partition coefficient (Wildman–Crippen LogP) is 3.65. The van der Waals surface area contributed by atoms with Gasteiger partial charge in [0.05, 0.1) is 6.54 Å². The van der Waals surface area contributed by atoms with Gasteiger partial charge >= 0.3 is 18.1 Å². The number of aromatic amines is 1. The zero-order valence-corrected chi connectivity index (χ0v) is 16.7. The van der Waals surface area contributed by atoms with Crippen LogP contribution in [0.15, 0.2) is 64.2 Å². The topological polar surface area (TPSA) is 91.1 Å². The number of aryl methyl sites for hydroxylation is 1. The fourth-order valence-electron chi connectivity index (χ4n) is 3.28. The maximum absolute atomic E-state index is 12.6. The van der Waals surface area contributed by atoms with E-state index in [1.807, 2.05) is 30.3 Å². The van der Waals surface area contributed by atoms with Gasteiger partial charge in [0.15, 0.2) is 11.2 Å². The van der Waals surface area contributed by atoms with E-state index in [9.17, 15) is 22.8 Å². The molecule has 0 amide bonds. The van der Waals surface area contributed by atoms with Crippen molar-refractivity contribution >= 4 is 11.2 Å². The Balaban J connectivity index is 1.84. The lowest BCUT2D eigenvalue weighted by Crippen LogP contribution is -2.30. The van der Waals surface area contributed by atoms with E-state index in [2.05, 4.69) is 14.7 Å². The summed E-state index contributed by atoms with van der Waals surface area (Å²) in [6.07, 6.45) is -4.86. The minimum absolute atomic E-state index is 0.0122. The molecule has 2 heterocycles. The molecular weight excluding hydrogens is 429 g/mol. The first-order chi connectivity index (χ1) is 15.2. The highest BCUT2D eigenvalue weighted by Gasteiger charge is 2.31. The van der Waals surface area contributed by atoms with Crippen LogP contribution in [0.1, 0.15) is 12.5 Å². The molecule has 0 bridgehead atoms. The predicted molar refractivity (Wildman–Crippen MR) is 109 cm³/mol. The molecule has 2 aromatic heterocycles. The van der Waals surface area contributed by atoms with Crippen LogP contribution in [0.25, 0.3) is 11.2 Å². The van der Waals surface area contributed by atoms with E-state index in [1.165, 1.54) is 21.3 Å². The molecule has 4 rings (SSSR count). The third-order valence-corrected chi connectivity index (χ3v) is 4.60. The van der Waals surface area contributed by atoms with E-state index in [4.69, 9.17) is 4.74 Å². The standard InChI is InChI=1S/C21H17F3N4O4/c1-2-27-17-16(18(29)26-19(27)30)28(12-13-7-4-3-5-8-13)20(25-17)31-14-9-6-10-15(11-14)32-21(22,23)24/h3-11H,2,12H2,1H3,(H,26,29,30). The molecule has 0 fully saturated rings. The van der Waals surface area contributed by atoms with Gasteiger partial charge in [-0.3, -0.25) is 18.9 Å². The summed E-state index contributed by atoms with van der Waals surface area (Å²) in [4.78, 5) is 31.4. The van der Waals surface area contributed by atoms with Crippen LogP contribution in [0.2, 0.25) is 0 Å². The maximum atomic E-state index is 12.6. The van der Waals surface area contributed by atoms with Gasteiger partial charge in [-0.15, -0.1) is 13.2 Å². The lowest BCUT2D eigenvalue weighted by atomic mass is 10.2. The van der Waals surface area contributed by atoms with Crippen LogP contribution in [-0.4, -0.2) is 25.5 Å². The van der Waals surface area contributed by atoms with Crippen LogP contribution < -0.4 is 20.7 Å². The van der Waals surface area contributed by atoms with Gasteiger partial charge in [-0.05, 0) is 24.6 Å². The Bertz CT molecular complexity index is 1370. The third kappa shape index (κ3) is 4.36. The molecule has 11 heteroatoms. The molecule has 0 aliphatic heterocycles. The number of halogens is 3. The van der Waals surface area contributed by atoms with Crippen molar-refractivity contribution in [3.05, 3.63) is 81.0 Å². The molecule has 0 atom stereocenters. The van der Waals surface area contributed by atoms with Gasteiger partial charge in [0.25, 0.3) is 5.56 Å². The Morgan fingerprint density at radius 3 is 2.41 bits per heavy atom. The second kappa shape index (κ2) is 8.25. The van der Waals surface area contributed by atoms with Gasteiger partial charge in [0, 0.05) is 12.6 Å². The van der Waals surface area contributed by atoms with E-state index in [1.54, 1.807) is 6.92 Å². The van der Waals surface area contributed by atoms with Crippen molar-refractivity contribution in [1.29, 1.82) is 0 Å². The highest BCUT2D eigenvalue weighted by molar-refractivity contribution is 5.72. The van der Waals surface area contributed by atoms with E-state index in [0.29, 0.717) is 0 Å². The first kappa shape index (κ1) is 21.2. The molecule has 4 aromatic rings. The van der Waals surface area contributed by atoms with Crippen LogP contribution in [-0.2, 0) is 13.1 Å². The van der Waals surface area contributed by atoms with E-state index < -0.39 is 23.4 Å². The van der Waals surface area contributed by atoms with Crippen molar-refractivity contribution in [2.24, 2.45) is 0 Å². The number of nitrogens with one attached hydrogen (secondary N) is 1. The average molecular weight is 446 g/mol. The summed E-state index contributed by atoms with van der Waals surface area (Å²) >= 11 is 0. The molecule has 1 N–H and O–H groups in total. The molecule has 8 nitrogen and oxygen atoms in total. The van der Waals surface area contributed by atoms with Gasteiger partial charge in [-0.2, -0.15) is 4.98 Å². The largest absolute Gasteiger partial charge is 0.573 e. The zero-order valence-electron chi connectivity index (χ0n) is 16.7. The first-order valence-electron chi connectivity index (χ1n) is 9.56. The summed E-state index contributed by atoms with van der Waals surface area (Å²) in [5.74, 6) is -0.456. The second-order valence-corrected chi connectivity index (χ2v) is 6.77. The van der Waals surface area contributed by atoms with Crippen LogP contribution in [0.4, 0.5) is 13.2 Å². The molecule has 0 saturated heterocycles. The summed E-state index contributed by atoms with van der Waals surface area (Å²) < 4.78 is 50.1. The second-order valence-electron chi connectivity index (χ2n) is 6.77. The molecule has 32 heavy (non-hydrogen) atoms. The zero-order chi connectivity index (χ0) is 22.9. The summed E-state index contributed by atoms with van der Waals surface area (Å²) in [5, 5.41) is 0. The number of H-pyrrole nitrogens is 1. The van der Waals surface area contributed by atoms with Crippen molar-refractivity contribution in [1.82, 2.24) is 19.1 Å². The third-order valence-electron chi connectivity index (χ3n) is 4.60. The van der Waals surface area contributed by atoms with E-state index >= 15 is 0 Å². The monoisotopic (exact) mass is 446 g/mol. The summed E-state index contributed by atoms with van der Waals surface area (Å²) in [6.45, 7) is 2.13. The number of alkyl halides is 3. The summed E-state index contributed by atoms with van der Waals surface area (Å²) in [5.41, 5.74) is -0.244. The van der Waals surface area contributed by atoms with Crippen molar-refractivity contribution < 1.29 is 22.6 Å². The number of hydrogen-bond acceptors (Lipinski definition) is 5. The van der Waals surface area contributed by atoms with Crippen molar-refractivity contribution in [2.45, 2.75) is 26.4 Å². The Labute approximate surface area is 178 Å². The molecular formula is C21H17F3N4O4. The van der Waals surface area contributed by atoms with Crippen molar-refractivity contribution in [3.8, 4) is 17.5 Å². The van der Waals surface area contributed by atoms with Crippen LogP contribution in [0.3, 0.4) is 0 Å². The van der Waals surface area contributed by atoms with Crippen molar-refractivity contribution in [2.75, 3.05) is 0 Å². The fraction of sp³-hybridized carbons (Fsp3) is 0.190. The van der Waals surface area contributed by atoms with E-state index in [0.717, 1.165) is 17.7 Å². The Morgan fingerprint density at radius 2 is 1.72 bits per heavy atom. The van der Waals surface area contributed by atoms with Gasteiger partial charge in [-0.1, -0.05) is 36.4 Å². The number of ether oxygens (including phenoxy) is 2. The average Bonchev–Trinajstić information content (AvgIpc) is 3.06. The highest BCUT2D eigenvalue weighted by Crippen LogP contribution is 2.30. The molecule has 0 aliphatic rings. The number of benzene rings is 2. The Kier molecular flexibility index (Phi) is 5.47. The fourth-order valence-corrected chi connectivity index (χ4v) is 3.28. The number of rotatable bonds is 6. The SMILES string of the molecule is CCn1c(=O)[nH]c(=O)c2c1nc(Oc1cccc(OC(F)(F)F)c1)n2Cc1ccccc1. The van der Waals surface area contributed by atoms with Gasteiger partial charge in [0.2, 0.25) is 0 Å². The van der Waals surface area contributed by atoms with Crippen molar-refractivity contribution in [3.63, 3.8) is 0 Å². The Morgan fingerprint density at radius 1 is 1.00 bits per heavy atom. The number of nitrogens with zero attached hydrogens (tertiary/aromatic N) is 3. The van der Waals surface area contributed by atoms with Gasteiger partial charge < -0.3 is 9.47 Å². The summed E-state index contributed by atoms with van der Waals surface area (Å²) in [6, 6.07) is 14.0. The molecule has 0 unspecified atom stereocenters. The lowest BCUT2D eigenvalue weighted by Gasteiger charge is -2.12. The maximum Gasteiger partial charge on any atom is 0.573 e. The lowest BCUT2D eigenvalue weighted by molar-refractivity contribution is -0.274. The normalized spacial score (nSPS) is 11.6. The van der Waals surface area contributed by atoms with E-state index in [-0.39, 0.29) is 36.0 Å². The number of hydrogen-bond donors (Lipinski definition) is 1. The first-order valence-corrected chi connectivity index (χ1v) is 9.56. The quantitative estimate of drug-likeness (QED) is 0.488. The van der Waals surface area contributed by atoms with Gasteiger partial charge in [0.1, 0.15) is 11.5 Å².